The molecule has 0 saturated heterocycles. The van der Waals surface area contributed by atoms with Crippen molar-refractivity contribution >= 4 is 5.69 Å². The fourth-order valence-electron chi connectivity index (χ4n) is 2.04. The molecule has 0 amide bonds. The number of nitrogens with one attached hydrogen (secondary N) is 1. The van der Waals surface area contributed by atoms with Crippen LogP contribution in [0.3, 0.4) is 0 Å². The molecule has 2 aromatic carbocycles. The van der Waals surface area contributed by atoms with Crippen LogP contribution in [0.25, 0.3) is 0 Å². The summed E-state index contributed by atoms with van der Waals surface area (Å²) in [5.41, 5.74) is 2.58. The lowest BCUT2D eigenvalue weighted by molar-refractivity contribution is 0.471. The van der Waals surface area contributed by atoms with Crippen LogP contribution in [0.4, 0.5) is 10.1 Å². The summed E-state index contributed by atoms with van der Waals surface area (Å²) >= 11 is 0. The van der Waals surface area contributed by atoms with E-state index in [0.717, 1.165) is 23.2 Å². The molecular weight excluding hydrogens is 241 g/mol. The molecule has 0 spiro atoms. The predicted molar refractivity (Wildman–Crippen MR) is 75.9 cm³/mol. The van der Waals surface area contributed by atoms with E-state index in [1.807, 2.05) is 32.0 Å². The van der Waals surface area contributed by atoms with Crippen molar-refractivity contribution in [2.45, 2.75) is 26.3 Å². The van der Waals surface area contributed by atoms with E-state index in [2.05, 4.69) is 5.32 Å². The number of hydrogen-bond acceptors (Lipinski definition) is 2. The first-order valence-electron chi connectivity index (χ1n) is 6.41. The summed E-state index contributed by atoms with van der Waals surface area (Å²) in [5, 5.41) is 13.0. The second-order valence-corrected chi connectivity index (χ2v) is 4.66. The monoisotopic (exact) mass is 259 g/mol. The molecule has 3 heteroatoms. The maximum atomic E-state index is 13.3. The van der Waals surface area contributed by atoms with Gasteiger partial charge in [0.25, 0.3) is 0 Å². The molecule has 2 nitrogen and oxygen atoms in total. The number of hydrogen-bond donors (Lipinski definition) is 2. The minimum Gasteiger partial charge on any atom is -0.508 e. The number of phenols is 1. The van der Waals surface area contributed by atoms with Crippen LogP contribution >= 0.6 is 0 Å². The van der Waals surface area contributed by atoms with Gasteiger partial charge in [-0.05, 0) is 42.7 Å². The van der Waals surface area contributed by atoms with Gasteiger partial charge in [-0.1, -0.05) is 25.1 Å². The molecule has 0 bridgehead atoms. The van der Waals surface area contributed by atoms with Crippen molar-refractivity contribution in [1.82, 2.24) is 0 Å². The number of anilines is 1. The smallest absolute Gasteiger partial charge is 0.123 e. The summed E-state index contributed by atoms with van der Waals surface area (Å²) < 4.78 is 13.3. The Labute approximate surface area is 112 Å². The van der Waals surface area contributed by atoms with Gasteiger partial charge < -0.3 is 10.4 Å². The van der Waals surface area contributed by atoms with Crippen molar-refractivity contribution in [2.24, 2.45) is 0 Å². The second kappa shape index (κ2) is 5.74. The number of benzene rings is 2. The van der Waals surface area contributed by atoms with Gasteiger partial charge in [-0.15, -0.1) is 0 Å². The average molecular weight is 259 g/mol. The first-order chi connectivity index (χ1) is 9.10. The van der Waals surface area contributed by atoms with Crippen molar-refractivity contribution in [1.29, 1.82) is 0 Å². The summed E-state index contributed by atoms with van der Waals surface area (Å²) in [4.78, 5) is 0. The molecule has 2 N–H and O–H groups in total. The highest BCUT2D eigenvalue weighted by Gasteiger charge is 2.10. The lowest BCUT2D eigenvalue weighted by atomic mass is 10.0. The van der Waals surface area contributed by atoms with E-state index < -0.39 is 0 Å². The molecule has 1 atom stereocenters. The zero-order valence-corrected chi connectivity index (χ0v) is 11.2. The summed E-state index contributed by atoms with van der Waals surface area (Å²) in [5.74, 6) is 0.0311. The Balaban J connectivity index is 2.21. The molecule has 100 valence electrons. The lowest BCUT2D eigenvalue weighted by Crippen LogP contribution is -2.09. The molecule has 0 fully saturated rings. The normalized spacial score (nSPS) is 12.2. The first kappa shape index (κ1) is 13.4. The number of aromatic hydroxyl groups is 1. The Morgan fingerprint density at radius 1 is 1.21 bits per heavy atom. The van der Waals surface area contributed by atoms with Crippen molar-refractivity contribution in [3.8, 4) is 5.75 Å². The average Bonchev–Trinajstić information content (AvgIpc) is 2.40. The third-order valence-corrected chi connectivity index (χ3v) is 3.21. The van der Waals surface area contributed by atoms with Crippen LogP contribution in [0.5, 0.6) is 5.75 Å². The fraction of sp³-hybridized carbons (Fsp3) is 0.250. The van der Waals surface area contributed by atoms with Gasteiger partial charge >= 0.3 is 0 Å². The van der Waals surface area contributed by atoms with Crippen LogP contribution in [0.2, 0.25) is 0 Å². The van der Waals surface area contributed by atoms with Crippen molar-refractivity contribution in [2.75, 3.05) is 5.32 Å². The molecule has 2 rings (SSSR count). The largest absolute Gasteiger partial charge is 0.508 e. The maximum absolute atomic E-state index is 13.3. The van der Waals surface area contributed by atoms with Gasteiger partial charge in [-0.3, -0.25) is 0 Å². The zero-order valence-electron chi connectivity index (χ0n) is 11.2. The molecular formula is C16H18FNO. The number of rotatable bonds is 4. The third-order valence-electron chi connectivity index (χ3n) is 3.21. The molecule has 0 aliphatic heterocycles. The summed E-state index contributed by atoms with van der Waals surface area (Å²) in [6, 6.07) is 12.1. The predicted octanol–water partition coefficient (Wildman–Crippen LogP) is 4.40. The molecule has 2 aromatic rings. The highest BCUT2D eigenvalue weighted by atomic mass is 19.1. The van der Waals surface area contributed by atoms with Crippen molar-refractivity contribution in [3.05, 3.63) is 59.4 Å². The van der Waals surface area contributed by atoms with E-state index in [-0.39, 0.29) is 17.6 Å². The highest BCUT2D eigenvalue weighted by Crippen LogP contribution is 2.26. The van der Waals surface area contributed by atoms with Gasteiger partial charge in [-0.25, -0.2) is 4.39 Å². The fourth-order valence-corrected chi connectivity index (χ4v) is 2.04. The van der Waals surface area contributed by atoms with Gasteiger partial charge in [0, 0.05) is 11.8 Å². The molecule has 1 unspecified atom stereocenters. The van der Waals surface area contributed by atoms with Crippen LogP contribution in [0, 0.1) is 12.7 Å². The molecule has 0 saturated carbocycles. The Hall–Kier alpha value is -2.03. The van der Waals surface area contributed by atoms with E-state index in [1.165, 1.54) is 12.1 Å². The number of halogens is 1. The van der Waals surface area contributed by atoms with Gasteiger partial charge in [0.1, 0.15) is 11.6 Å². The highest BCUT2D eigenvalue weighted by molar-refractivity contribution is 5.52. The van der Waals surface area contributed by atoms with E-state index in [0.29, 0.717) is 0 Å². The van der Waals surface area contributed by atoms with Crippen LogP contribution in [-0.4, -0.2) is 5.11 Å². The van der Waals surface area contributed by atoms with E-state index in [4.69, 9.17) is 0 Å². The summed E-state index contributed by atoms with van der Waals surface area (Å²) in [7, 11) is 0. The molecule has 0 aliphatic rings. The minimum atomic E-state index is -0.232. The molecule has 0 aliphatic carbocycles. The summed E-state index contributed by atoms with van der Waals surface area (Å²) in [6.45, 7) is 3.89. The minimum absolute atomic E-state index is 0.0257. The van der Waals surface area contributed by atoms with Gasteiger partial charge in [0.15, 0.2) is 0 Å². The lowest BCUT2D eigenvalue weighted by Gasteiger charge is -2.19. The Bertz CT molecular complexity index is 568. The van der Waals surface area contributed by atoms with Crippen LogP contribution in [-0.2, 0) is 0 Å². The maximum Gasteiger partial charge on any atom is 0.123 e. The van der Waals surface area contributed by atoms with Crippen LogP contribution in [0.1, 0.15) is 30.5 Å². The van der Waals surface area contributed by atoms with E-state index in [9.17, 15) is 9.50 Å². The molecule has 0 radical (unpaired) electrons. The number of aryl methyl sites for hydroxylation is 1. The molecule has 0 heterocycles. The van der Waals surface area contributed by atoms with Crippen molar-refractivity contribution in [3.63, 3.8) is 0 Å². The Morgan fingerprint density at radius 2 is 2.00 bits per heavy atom. The van der Waals surface area contributed by atoms with Crippen molar-refractivity contribution < 1.29 is 9.50 Å². The zero-order chi connectivity index (χ0) is 13.8. The summed E-state index contributed by atoms with van der Waals surface area (Å²) in [6.07, 6.45) is 0.831. The third kappa shape index (κ3) is 3.25. The van der Waals surface area contributed by atoms with Gasteiger partial charge in [0.2, 0.25) is 0 Å². The topological polar surface area (TPSA) is 32.3 Å². The van der Waals surface area contributed by atoms with E-state index in [1.54, 1.807) is 12.1 Å². The van der Waals surface area contributed by atoms with Gasteiger partial charge in [-0.2, -0.15) is 0 Å². The molecule has 0 aromatic heterocycles. The van der Waals surface area contributed by atoms with Gasteiger partial charge in [0.05, 0.1) is 6.04 Å². The molecule has 19 heavy (non-hydrogen) atoms. The standard InChI is InChI=1S/C16H18FNO/c1-3-15(12-5-4-6-13(17)9-12)18-14-8-7-11(2)16(19)10-14/h4-10,15,18-19H,3H2,1-2H3. The van der Waals surface area contributed by atoms with Crippen LogP contribution < -0.4 is 5.32 Å². The quantitative estimate of drug-likeness (QED) is 0.852. The Morgan fingerprint density at radius 3 is 2.63 bits per heavy atom. The number of phenolic OH excluding ortho intramolecular Hbond substituents is 1. The second-order valence-electron chi connectivity index (χ2n) is 4.66. The van der Waals surface area contributed by atoms with E-state index >= 15 is 0 Å². The Kier molecular flexibility index (Phi) is 4.05. The SMILES string of the molecule is CCC(Nc1ccc(C)c(O)c1)c1cccc(F)c1. The first-order valence-corrected chi connectivity index (χ1v) is 6.41. The van der Waals surface area contributed by atoms with Crippen LogP contribution in [0.15, 0.2) is 42.5 Å².